The SMILES string of the molecule is CCOC(=O)C1CSC(c2ccc(Cl)cc2)N1C(=O)c1ccccc1. The fourth-order valence-corrected chi connectivity index (χ4v) is 4.33. The van der Waals surface area contributed by atoms with Crippen LogP contribution in [-0.2, 0) is 9.53 Å². The van der Waals surface area contributed by atoms with E-state index >= 15 is 0 Å². The Morgan fingerprint density at radius 2 is 1.84 bits per heavy atom. The summed E-state index contributed by atoms with van der Waals surface area (Å²) in [6.45, 7) is 2.05. The summed E-state index contributed by atoms with van der Waals surface area (Å²) in [4.78, 5) is 27.1. The van der Waals surface area contributed by atoms with Gasteiger partial charge in [0.05, 0.1) is 6.61 Å². The molecular weight excluding hydrogens is 358 g/mol. The van der Waals surface area contributed by atoms with Crippen molar-refractivity contribution in [2.75, 3.05) is 12.4 Å². The monoisotopic (exact) mass is 375 g/mol. The molecule has 1 saturated heterocycles. The van der Waals surface area contributed by atoms with Crippen LogP contribution in [0, 0.1) is 0 Å². The molecule has 1 fully saturated rings. The molecule has 1 amide bonds. The van der Waals surface area contributed by atoms with Crippen LogP contribution in [0.2, 0.25) is 5.02 Å². The number of halogens is 1. The van der Waals surface area contributed by atoms with Gasteiger partial charge in [-0.2, -0.15) is 0 Å². The Balaban J connectivity index is 1.95. The van der Waals surface area contributed by atoms with Crippen LogP contribution in [0.15, 0.2) is 54.6 Å². The van der Waals surface area contributed by atoms with E-state index < -0.39 is 6.04 Å². The Morgan fingerprint density at radius 1 is 1.16 bits per heavy atom. The van der Waals surface area contributed by atoms with Gasteiger partial charge >= 0.3 is 5.97 Å². The summed E-state index contributed by atoms with van der Waals surface area (Å²) < 4.78 is 5.18. The minimum Gasteiger partial charge on any atom is -0.464 e. The number of esters is 1. The molecule has 1 aliphatic heterocycles. The van der Waals surface area contributed by atoms with Crippen molar-refractivity contribution in [1.82, 2.24) is 4.90 Å². The maximum atomic E-state index is 13.1. The van der Waals surface area contributed by atoms with E-state index in [1.807, 2.05) is 30.3 Å². The maximum absolute atomic E-state index is 13.1. The van der Waals surface area contributed by atoms with E-state index in [9.17, 15) is 9.59 Å². The Labute approximate surface area is 156 Å². The first-order chi connectivity index (χ1) is 12.1. The fraction of sp³-hybridized carbons (Fsp3) is 0.263. The number of thioether (sulfide) groups is 1. The van der Waals surface area contributed by atoms with Gasteiger partial charge in [0.2, 0.25) is 0 Å². The van der Waals surface area contributed by atoms with Gasteiger partial charge in [-0.15, -0.1) is 11.8 Å². The van der Waals surface area contributed by atoms with E-state index in [-0.39, 0.29) is 17.3 Å². The predicted octanol–water partition coefficient (Wildman–Crippen LogP) is 4.16. The standard InChI is InChI=1S/C19H18ClNO3S/c1-2-24-19(23)16-12-25-18(14-8-10-15(20)11-9-14)21(16)17(22)13-6-4-3-5-7-13/h3-11,16,18H,2,12H2,1H3. The molecular formula is C19H18ClNO3S. The van der Waals surface area contributed by atoms with E-state index in [2.05, 4.69) is 0 Å². The Bertz CT molecular complexity index is 751. The third-order valence-corrected chi connectivity index (χ3v) is 5.54. The molecule has 2 unspecified atom stereocenters. The van der Waals surface area contributed by atoms with Gasteiger partial charge in [-0.05, 0) is 36.8 Å². The molecule has 0 aromatic heterocycles. The van der Waals surface area contributed by atoms with Gasteiger partial charge in [-0.3, -0.25) is 4.79 Å². The summed E-state index contributed by atoms with van der Waals surface area (Å²) in [7, 11) is 0. The van der Waals surface area contributed by atoms with Crippen LogP contribution in [0.4, 0.5) is 0 Å². The molecule has 0 spiro atoms. The van der Waals surface area contributed by atoms with Crippen molar-refractivity contribution in [2.45, 2.75) is 18.3 Å². The topological polar surface area (TPSA) is 46.6 Å². The lowest BCUT2D eigenvalue weighted by molar-refractivity contribution is -0.147. The molecule has 2 atom stereocenters. The molecule has 25 heavy (non-hydrogen) atoms. The number of carbonyl (C=O) groups excluding carboxylic acids is 2. The van der Waals surface area contributed by atoms with Crippen LogP contribution in [-0.4, -0.2) is 35.2 Å². The van der Waals surface area contributed by atoms with Gasteiger partial charge in [0.1, 0.15) is 11.4 Å². The van der Waals surface area contributed by atoms with Crippen molar-refractivity contribution in [3.05, 3.63) is 70.7 Å². The highest BCUT2D eigenvalue weighted by atomic mass is 35.5. The lowest BCUT2D eigenvalue weighted by Gasteiger charge is -2.28. The number of rotatable bonds is 4. The molecule has 1 heterocycles. The minimum absolute atomic E-state index is 0.177. The number of benzene rings is 2. The van der Waals surface area contributed by atoms with Gasteiger partial charge in [0.25, 0.3) is 5.91 Å². The van der Waals surface area contributed by atoms with Crippen molar-refractivity contribution in [3.63, 3.8) is 0 Å². The number of amides is 1. The summed E-state index contributed by atoms with van der Waals surface area (Å²) in [5, 5.41) is 0.383. The third kappa shape index (κ3) is 3.83. The molecule has 2 aromatic carbocycles. The van der Waals surface area contributed by atoms with E-state index in [1.54, 1.807) is 47.9 Å². The average Bonchev–Trinajstić information content (AvgIpc) is 3.08. The van der Waals surface area contributed by atoms with E-state index in [0.717, 1.165) is 5.56 Å². The second-order valence-corrected chi connectivity index (χ2v) is 7.13. The first-order valence-corrected chi connectivity index (χ1v) is 9.46. The Hall–Kier alpha value is -1.98. The van der Waals surface area contributed by atoms with E-state index in [0.29, 0.717) is 22.9 Å². The quantitative estimate of drug-likeness (QED) is 0.753. The van der Waals surface area contributed by atoms with Gasteiger partial charge in [0.15, 0.2) is 0 Å². The van der Waals surface area contributed by atoms with Crippen molar-refractivity contribution < 1.29 is 14.3 Å². The molecule has 6 heteroatoms. The average molecular weight is 376 g/mol. The van der Waals surface area contributed by atoms with Crippen molar-refractivity contribution in [1.29, 1.82) is 0 Å². The molecule has 130 valence electrons. The first-order valence-electron chi connectivity index (χ1n) is 8.03. The third-order valence-electron chi connectivity index (χ3n) is 3.97. The normalized spacial score (nSPS) is 19.7. The lowest BCUT2D eigenvalue weighted by Crippen LogP contribution is -2.43. The van der Waals surface area contributed by atoms with Crippen LogP contribution in [0.3, 0.4) is 0 Å². The van der Waals surface area contributed by atoms with Crippen LogP contribution in [0.5, 0.6) is 0 Å². The Morgan fingerprint density at radius 3 is 2.48 bits per heavy atom. The number of carbonyl (C=O) groups is 2. The second kappa shape index (κ2) is 7.93. The van der Waals surface area contributed by atoms with Crippen molar-refractivity contribution in [3.8, 4) is 0 Å². The number of nitrogens with zero attached hydrogens (tertiary/aromatic N) is 1. The highest BCUT2D eigenvalue weighted by molar-refractivity contribution is 7.99. The van der Waals surface area contributed by atoms with Crippen molar-refractivity contribution >= 4 is 35.2 Å². The summed E-state index contributed by atoms with van der Waals surface area (Å²) in [5.41, 5.74) is 1.49. The molecule has 0 saturated carbocycles. The van der Waals surface area contributed by atoms with Crippen molar-refractivity contribution in [2.24, 2.45) is 0 Å². The molecule has 0 radical (unpaired) electrons. The largest absolute Gasteiger partial charge is 0.464 e. The smallest absolute Gasteiger partial charge is 0.329 e. The zero-order chi connectivity index (χ0) is 17.8. The Kier molecular flexibility index (Phi) is 5.66. The van der Waals surface area contributed by atoms with Gasteiger partial charge in [0, 0.05) is 16.3 Å². The molecule has 2 aromatic rings. The molecule has 4 nitrogen and oxygen atoms in total. The number of ether oxygens (including phenoxy) is 1. The van der Waals surface area contributed by atoms with E-state index in [1.165, 1.54) is 0 Å². The predicted molar refractivity (Wildman–Crippen MR) is 99.7 cm³/mol. The van der Waals surface area contributed by atoms with E-state index in [4.69, 9.17) is 16.3 Å². The zero-order valence-electron chi connectivity index (χ0n) is 13.7. The first kappa shape index (κ1) is 17.8. The molecule has 3 rings (SSSR count). The number of hydrogen-bond donors (Lipinski definition) is 0. The highest BCUT2D eigenvalue weighted by Gasteiger charge is 2.43. The summed E-state index contributed by atoms with van der Waals surface area (Å²) in [6.07, 6.45) is 0. The maximum Gasteiger partial charge on any atom is 0.329 e. The van der Waals surface area contributed by atoms with Gasteiger partial charge in [-0.1, -0.05) is 41.9 Å². The molecule has 0 aliphatic carbocycles. The zero-order valence-corrected chi connectivity index (χ0v) is 15.3. The summed E-state index contributed by atoms with van der Waals surface area (Å²) in [6, 6.07) is 15.8. The fourth-order valence-electron chi connectivity index (χ4n) is 2.79. The van der Waals surface area contributed by atoms with Gasteiger partial charge in [-0.25, -0.2) is 4.79 Å². The van der Waals surface area contributed by atoms with Crippen LogP contribution >= 0.6 is 23.4 Å². The lowest BCUT2D eigenvalue weighted by atomic mass is 10.1. The van der Waals surface area contributed by atoms with Crippen LogP contribution < -0.4 is 0 Å². The number of hydrogen-bond acceptors (Lipinski definition) is 4. The van der Waals surface area contributed by atoms with Crippen LogP contribution in [0.1, 0.15) is 28.2 Å². The minimum atomic E-state index is -0.599. The molecule has 0 N–H and O–H groups in total. The molecule has 0 bridgehead atoms. The summed E-state index contributed by atoms with van der Waals surface area (Å²) in [5.74, 6) is -0.0376. The molecule has 1 aliphatic rings. The highest BCUT2D eigenvalue weighted by Crippen LogP contribution is 2.42. The summed E-state index contributed by atoms with van der Waals surface area (Å²) >= 11 is 7.53. The van der Waals surface area contributed by atoms with Crippen LogP contribution in [0.25, 0.3) is 0 Å². The van der Waals surface area contributed by atoms with Gasteiger partial charge < -0.3 is 9.64 Å². The second-order valence-electron chi connectivity index (χ2n) is 5.58.